The quantitative estimate of drug-likeness (QED) is 0.835. The number of hydrogen-bond acceptors (Lipinski definition) is 3. The van der Waals surface area contributed by atoms with Crippen LogP contribution in [0.15, 0.2) is 24.3 Å². The van der Waals surface area contributed by atoms with E-state index in [1.54, 1.807) is 4.90 Å². The van der Waals surface area contributed by atoms with Crippen LogP contribution in [0, 0.1) is 0 Å². The lowest BCUT2D eigenvalue weighted by Gasteiger charge is -2.45. The lowest BCUT2D eigenvalue weighted by Crippen LogP contribution is -2.64. The Morgan fingerprint density at radius 2 is 2.05 bits per heavy atom. The van der Waals surface area contributed by atoms with Gasteiger partial charge in [0.05, 0.1) is 6.10 Å². The van der Waals surface area contributed by atoms with Gasteiger partial charge in [-0.25, -0.2) is 0 Å². The maximum absolute atomic E-state index is 12.9. The van der Waals surface area contributed by atoms with Crippen LogP contribution in [0.25, 0.3) is 0 Å². The predicted octanol–water partition coefficient (Wildman–Crippen LogP) is 0.557. The van der Waals surface area contributed by atoms with Gasteiger partial charge in [-0.2, -0.15) is 0 Å². The van der Waals surface area contributed by atoms with E-state index in [1.807, 2.05) is 24.3 Å². The van der Waals surface area contributed by atoms with Gasteiger partial charge in [-0.1, -0.05) is 24.3 Å². The molecule has 112 valence electrons. The van der Waals surface area contributed by atoms with Gasteiger partial charge < -0.3 is 15.3 Å². The van der Waals surface area contributed by atoms with Gasteiger partial charge in [0.1, 0.15) is 5.54 Å². The first-order chi connectivity index (χ1) is 10.0. The highest BCUT2D eigenvalue weighted by Gasteiger charge is 2.48. The summed E-state index contributed by atoms with van der Waals surface area (Å²) in [7, 11) is 0. The van der Waals surface area contributed by atoms with Crippen molar-refractivity contribution in [2.24, 2.45) is 0 Å². The summed E-state index contributed by atoms with van der Waals surface area (Å²) in [4.78, 5) is 26.3. The minimum atomic E-state index is -0.971. The molecule has 0 spiro atoms. The molecule has 1 saturated heterocycles. The van der Waals surface area contributed by atoms with Crippen LogP contribution in [0.5, 0.6) is 0 Å². The van der Waals surface area contributed by atoms with Crippen molar-refractivity contribution in [1.29, 1.82) is 0 Å². The van der Waals surface area contributed by atoms with E-state index in [0.717, 1.165) is 24.0 Å². The summed E-state index contributed by atoms with van der Waals surface area (Å²) in [6, 6.07) is 7.81. The van der Waals surface area contributed by atoms with Crippen molar-refractivity contribution >= 4 is 11.8 Å². The molecule has 2 aliphatic rings. The number of likely N-dealkylation sites (tertiary alicyclic amines) is 1. The lowest BCUT2D eigenvalue weighted by molar-refractivity contribution is -0.152. The SMILES string of the molecule is CC(=O)N[C@]1(C(=O)N2CC(O)C2)CCCc2ccccc21. The molecule has 1 heterocycles. The monoisotopic (exact) mass is 288 g/mol. The predicted molar refractivity (Wildman–Crippen MR) is 77.5 cm³/mol. The van der Waals surface area contributed by atoms with Crippen molar-refractivity contribution in [3.63, 3.8) is 0 Å². The molecule has 3 rings (SSSR count). The zero-order valence-corrected chi connectivity index (χ0v) is 12.1. The molecule has 1 aliphatic carbocycles. The molecule has 0 saturated carbocycles. The molecule has 1 fully saturated rings. The third-order valence-corrected chi connectivity index (χ3v) is 4.38. The second-order valence-electron chi connectivity index (χ2n) is 5.96. The molecule has 1 atom stereocenters. The fraction of sp³-hybridized carbons (Fsp3) is 0.500. The standard InChI is InChI=1S/C16H20N2O3/c1-11(19)17-16(15(21)18-9-13(20)10-18)8-4-6-12-5-2-3-7-14(12)16/h2-3,5,7,13,20H,4,6,8-10H2,1H3,(H,17,19)/t16-/m1/s1. The Morgan fingerprint density at radius 3 is 2.71 bits per heavy atom. The molecule has 2 N–H and O–H groups in total. The van der Waals surface area contributed by atoms with Gasteiger partial charge in [0.15, 0.2) is 0 Å². The number of aliphatic hydroxyl groups excluding tert-OH is 1. The van der Waals surface area contributed by atoms with Crippen molar-refractivity contribution in [2.75, 3.05) is 13.1 Å². The number of rotatable bonds is 2. The van der Waals surface area contributed by atoms with Gasteiger partial charge >= 0.3 is 0 Å². The Bertz CT molecular complexity index is 581. The average Bonchev–Trinajstić information content (AvgIpc) is 2.43. The maximum atomic E-state index is 12.9. The molecule has 1 aromatic rings. The van der Waals surface area contributed by atoms with Gasteiger partial charge in [-0.3, -0.25) is 9.59 Å². The number of β-amino-alcohol motifs (C(OH)–C–C–N with tert-alkyl or cyclic N) is 1. The smallest absolute Gasteiger partial charge is 0.253 e. The van der Waals surface area contributed by atoms with Gasteiger partial charge in [0.25, 0.3) is 5.91 Å². The molecule has 0 unspecified atom stereocenters. The van der Waals surface area contributed by atoms with Gasteiger partial charge in [-0.15, -0.1) is 0 Å². The normalized spacial score (nSPS) is 25.0. The van der Waals surface area contributed by atoms with Crippen LogP contribution in [0.4, 0.5) is 0 Å². The molecule has 2 amide bonds. The third-order valence-electron chi connectivity index (χ3n) is 4.38. The van der Waals surface area contributed by atoms with E-state index in [9.17, 15) is 14.7 Å². The zero-order valence-electron chi connectivity index (χ0n) is 12.1. The molecule has 1 aliphatic heterocycles. The Labute approximate surface area is 123 Å². The summed E-state index contributed by atoms with van der Waals surface area (Å²) in [6.07, 6.45) is 1.95. The maximum Gasteiger partial charge on any atom is 0.253 e. The van der Waals surface area contributed by atoms with Crippen molar-refractivity contribution in [3.8, 4) is 0 Å². The first-order valence-corrected chi connectivity index (χ1v) is 7.37. The molecule has 0 radical (unpaired) electrons. The van der Waals surface area contributed by atoms with E-state index in [1.165, 1.54) is 6.92 Å². The fourth-order valence-electron chi connectivity index (χ4n) is 3.43. The highest BCUT2D eigenvalue weighted by atomic mass is 16.3. The second kappa shape index (κ2) is 5.15. The molecule has 21 heavy (non-hydrogen) atoms. The van der Waals surface area contributed by atoms with Crippen molar-refractivity contribution in [2.45, 2.75) is 37.8 Å². The Morgan fingerprint density at radius 1 is 1.33 bits per heavy atom. The van der Waals surface area contributed by atoms with E-state index >= 15 is 0 Å². The average molecular weight is 288 g/mol. The number of hydrogen-bond donors (Lipinski definition) is 2. The van der Waals surface area contributed by atoms with Gasteiger partial charge in [0, 0.05) is 20.0 Å². The van der Waals surface area contributed by atoms with Gasteiger partial charge in [-0.05, 0) is 30.4 Å². The molecule has 0 aromatic heterocycles. The van der Waals surface area contributed by atoms with Crippen LogP contribution in [0.1, 0.15) is 30.9 Å². The first-order valence-electron chi connectivity index (χ1n) is 7.37. The number of amides is 2. The van der Waals surface area contributed by atoms with Crippen molar-refractivity contribution < 1.29 is 14.7 Å². The fourth-order valence-corrected chi connectivity index (χ4v) is 3.43. The molecule has 5 heteroatoms. The summed E-state index contributed by atoms with van der Waals surface area (Å²) in [6.45, 7) is 2.14. The number of nitrogens with one attached hydrogen (secondary N) is 1. The highest BCUT2D eigenvalue weighted by Crippen LogP contribution is 2.37. The molecule has 5 nitrogen and oxygen atoms in total. The van der Waals surface area contributed by atoms with Crippen molar-refractivity contribution in [3.05, 3.63) is 35.4 Å². The summed E-state index contributed by atoms with van der Waals surface area (Å²) in [5.41, 5.74) is 1.05. The molecule has 0 bridgehead atoms. The number of carbonyl (C=O) groups is 2. The summed E-state index contributed by atoms with van der Waals surface area (Å²) >= 11 is 0. The molecule has 1 aromatic carbocycles. The third kappa shape index (κ3) is 2.31. The number of nitrogens with zero attached hydrogens (tertiary/aromatic N) is 1. The van der Waals surface area contributed by atoms with Crippen LogP contribution in [0.2, 0.25) is 0 Å². The number of aryl methyl sites for hydroxylation is 1. The Balaban J connectivity index is 2.02. The van der Waals surface area contributed by atoms with Crippen LogP contribution in [-0.2, 0) is 21.5 Å². The van der Waals surface area contributed by atoms with Crippen LogP contribution < -0.4 is 5.32 Å². The number of aliphatic hydroxyl groups is 1. The van der Waals surface area contributed by atoms with Crippen LogP contribution >= 0.6 is 0 Å². The molecular weight excluding hydrogens is 268 g/mol. The lowest BCUT2D eigenvalue weighted by atomic mass is 9.75. The minimum Gasteiger partial charge on any atom is -0.389 e. The number of carbonyl (C=O) groups excluding carboxylic acids is 2. The van der Waals surface area contributed by atoms with E-state index in [2.05, 4.69) is 5.32 Å². The summed E-state index contributed by atoms with van der Waals surface area (Å²) in [5, 5.41) is 12.3. The molecular formula is C16H20N2O3. The topological polar surface area (TPSA) is 69.6 Å². The second-order valence-corrected chi connectivity index (χ2v) is 5.96. The largest absolute Gasteiger partial charge is 0.389 e. The Hall–Kier alpha value is -1.88. The van der Waals surface area contributed by atoms with Gasteiger partial charge in [0.2, 0.25) is 5.91 Å². The number of benzene rings is 1. The van der Waals surface area contributed by atoms with E-state index < -0.39 is 11.6 Å². The highest BCUT2D eigenvalue weighted by molar-refractivity contribution is 5.93. The van der Waals surface area contributed by atoms with E-state index in [0.29, 0.717) is 19.5 Å². The number of fused-ring (bicyclic) bond motifs is 1. The first kappa shape index (κ1) is 14.1. The van der Waals surface area contributed by atoms with E-state index in [-0.39, 0.29) is 11.8 Å². The summed E-state index contributed by atoms with van der Waals surface area (Å²) < 4.78 is 0. The zero-order chi connectivity index (χ0) is 15.0. The summed E-state index contributed by atoms with van der Waals surface area (Å²) in [5.74, 6) is -0.309. The van der Waals surface area contributed by atoms with E-state index in [4.69, 9.17) is 0 Å². The van der Waals surface area contributed by atoms with Crippen LogP contribution in [0.3, 0.4) is 0 Å². The van der Waals surface area contributed by atoms with Crippen molar-refractivity contribution in [1.82, 2.24) is 10.2 Å². The minimum absolute atomic E-state index is 0.102. The Kier molecular flexibility index (Phi) is 3.45. The van der Waals surface area contributed by atoms with Crippen LogP contribution in [-0.4, -0.2) is 41.0 Å².